The molecule has 140 valence electrons. The molecule has 1 aliphatic rings. The number of aromatic nitrogens is 2. The van der Waals surface area contributed by atoms with Crippen LogP contribution in [-0.4, -0.2) is 46.8 Å². The van der Waals surface area contributed by atoms with Crippen LogP contribution in [0.1, 0.15) is 34.5 Å². The molecule has 0 saturated carbocycles. The van der Waals surface area contributed by atoms with Crippen LogP contribution in [0.2, 0.25) is 0 Å². The third kappa shape index (κ3) is 3.60. The van der Waals surface area contributed by atoms with Gasteiger partial charge in [0.25, 0.3) is 5.91 Å². The summed E-state index contributed by atoms with van der Waals surface area (Å²) in [6, 6.07) is 5.34. The van der Waals surface area contributed by atoms with Crippen molar-refractivity contribution in [3.05, 3.63) is 47.3 Å². The van der Waals surface area contributed by atoms with Gasteiger partial charge in [0, 0.05) is 19.1 Å². The number of alkyl halides is 3. The summed E-state index contributed by atoms with van der Waals surface area (Å²) in [4.78, 5) is 14.5. The summed E-state index contributed by atoms with van der Waals surface area (Å²) in [6.07, 6.45) is -1.23. The molecular weight excluding hydrogens is 345 g/mol. The molecule has 0 bridgehead atoms. The van der Waals surface area contributed by atoms with Gasteiger partial charge in [0.2, 0.25) is 0 Å². The van der Waals surface area contributed by atoms with E-state index in [1.54, 1.807) is 17.9 Å². The molecule has 0 aliphatic carbocycles. The van der Waals surface area contributed by atoms with Crippen molar-refractivity contribution in [3.8, 4) is 5.69 Å². The van der Waals surface area contributed by atoms with Gasteiger partial charge in [0.1, 0.15) is 0 Å². The molecule has 0 unspecified atom stereocenters. The highest BCUT2D eigenvalue weighted by molar-refractivity contribution is 5.95. The van der Waals surface area contributed by atoms with Crippen molar-refractivity contribution in [2.45, 2.75) is 32.0 Å². The number of hydrogen-bond donors (Lipinski definition) is 1. The largest absolute Gasteiger partial charge is 0.416 e. The second kappa shape index (κ2) is 7.11. The first kappa shape index (κ1) is 18.4. The summed E-state index contributed by atoms with van der Waals surface area (Å²) >= 11 is 0. The predicted octanol–water partition coefficient (Wildman–Crippen LogP) is 3.02. The third-order valence-electron chi connectivity index (χ3n) is 4.85. The van der Waals surface area contributed by atoms with E-state index in [0.29, 0.717) is 30.4 Å². The van der Waals surface area contributed by atoms with Crippen molar-refractivity contribution in [3.63, 3.8) is 0 Å². The normalized spacial score (nSPS) is 16.1. The minimum absolute atomic E-state index is 0.129. The number of benzene rings is 1. The number of carbonyl (C=O) groups excluding carboxylic acids is 1. The van der Waals surface area contributed by atoms with Crippen LogP contribution in [0, 0.1) is 6.92 Å². The van der Waals surface area contributed by atoms with Crippen LogP contribution in [0.25, 0.3) is 5.69 Å². The molecule has 1 N–H and O–H groups in total. The second-order valence-electron chi connectivity index (χ2n) is 6.46. The Morgan fingerprint density at radius 1 is 1.27 bits per heavy atom. The van der Waals surface area contributed by atoms with Crippen LogP contribution < -0.4 is 5.32 Å². The van der Waals surface area contributed by atoms with E-state index in [0.717, 1.165) is 25.0 Å². The fraction of sp³-hybridized carbons (Fsp3) is 0.444. The van der Waals surface area contributed by atoms with Crippen LogP contribution in [0.5, 0.6) is 0 Å². The summed E-state index contributed by atoms with van der Waals surface area (Å²) in [5.74, 6) is -0.129. The fourth-order valence-electron chi connectivity index (χ4n) is 3.24. The van der Waals surface area contributed by atoms with E-state index >= 15 is 0 Å². The molecule has 1 saturated heterocycles. The molecule has 3 rings (SSSR count). The van der Waals surface area contributed by atoms with Crippen molar-refractivity contribution in [1.29, 1.82) is 0 Å². The highest BCUT2D eigenvalue weighted by Gasteiger charge is 2.31. The first-order chi connectivity index (χ1) is 12.3. The van der Waals surface area contributed by atoms with E-state index in [9.17, 15) is 18.0 Å². The molecule has 0 atom stereocenters. The molecule has 0 radical (unpaired) electrons. The zero-order chi connectivity index (χ0) is 18.9. The minimum atomic E-state index is -4.42. The van der Waals surface area contributed by atoms with Crippen molar-refractivity contribution in [2.75, 3.05) is 20.1 Å². The number of rotatable bonds is 3. The topological polar surface area (TPSA) is 50.2 Å². The van der Waals surface area contributed by atoms with Crippen molar-refractivity contribution in [2.24, 2.45) is 0 Å². The standard InChI is InChI=1S/C18H21F3N4O/c1-12-16(17(26)24-8-6-14(22-2)7-9-24)11-23-25(12)15-5-3-4-13(10-15)18(19,20)21/h3-5,10-11,14,22H,6-9H2,1-2H3. The average molecular weight is 366 g/mol. The van der Waals surface area contributed by atoms with E-state index in [2.05, 4.69) is 10.4 Å². The van der Waals surface area contributed by atoms with Crippen LogP contribution in [0.4, 0.5) is 13.2 Å². The maximum atomic E-state index is 12.9. The Morgan fingerprint density at radius 2 is 1.96 bits per heavy atom. The van der Waals surface area contributed by atoms with Crippen molar-refractivity contribution < 1.29 is 18.0 Å². The maximum Gasteiger partial charge on any atom is 0.416 e. The lowest BCUT2D eigenvalue weighted by Crippen LogP contribution is -2.44. The molecule has 8 heteroatoms. The molecule has 26 heavy (non-hydrogen) atoms. The van der Waals surface area contributed by atoms with Crippen molar-refractivity contribution in [1.82, 2.24) is 20.0 Å². The van der Waals surface area contributed by atoms with Gasteiger partial charge in [-0.05, 0) is 45.0 Å². The van der Waals surface area contributed by atoms with E-state index in [1.165, 1.54) is 16.9 Å². The lowest BCUT2D eigenvalue weighted by atomic mass is 10.0. The van der Waals surface area contributed by atoms with E-state index in [-0.39, 0.29) is 11.6 Å². The number of hydrogen-bond acceptors (Lipinski definition) is 3. The van der Waals surface area contributed by atoms with Crippen LogP contribution in [0.15, 0.2) is 30.5 Å². The van der Waals surface area contributed by atoms with Gasteiger partial charge in [-0.25, -0.2) is 4.68 Å². The molecule has 0 spiro atoms. The minimum Gasteiger partial charge on any atom is -0.338 e. The van der Waals surface area contributed by atoms with E-state index in [4.69, 9.17) is 0 Å². The summed E-state index contributed by atoms with van der Waals surface area (Å²) < 4.78 is 40.2. The Labute approximate surface area is 149 Å². The van der Waals surface area contributed by atoms with Crippen LogP contribution in [0.3, 0.4) is 0 Å². The molecular formula is C18H21F3N4O. The third-order valence-corrected chi connectivity index (χ3v) is 4.85. The zero-order valence-electron chi connectivity index (χ0n) is 14.7. The monoisotopic (exact) mass is 366 g/mol. The fourth-order valence-corrected chi connectivity index (χ4v) is 3.24. The molecule has 2 aromatic rings. The van der Waals surface area contributed by atoms with Crippen molar-refractivity contribution >= 4 is 5.91 Å². The average Bonchev–Trinajstić information content (AvgIpc) is 3.02. The number of nitrogens with zero attached hydrogens (tertiary/aromatic N) is 3. The summed E-state index contributed by atoms with van der Waals surface area (Å²) in [5.41, 5.74) is 0.493. The van der Waals surface area contributed by atoms with Gasteiger partial charge in [0.15, 0.2) is 0 Å². The highest BCUT2D eigenvalue weighted by atomic mass is 19.4. The molecule has 1 aromatic carbocycles. The lowest BCUT2D eigenvalue weighted by Gasteiger charge is -2.31. The van der Waals surface area contributed by atoms with Gasteiger partial charge >= 0.3 is 6.18 Å². The first-order valence-electron chi connectivity index (χ1n) is 8.50. The molecule has 1 fully saturated rings. The van der Waals surface area contributed by atoms with Crippen LogP contribution in [-0.2, 0) is 6.18 Å². The Hall–Kier alpha value is -2.35. The molecule has 5 nitrogen and oxygen atoms in total. The summed E-state index contributed by atoms with van der Waals surface area (Å²) in [5, 5.41) is 7.36. The maximum absolute atomic E-state index is 12.9. The number of amides is 1. The van der Waals surface area contributed by atoms with E-state index in [1.807, 2.05) is 7.05 Å². The second-order valence-corrected chi connectivity index (χ2v) is 6.46. The zero-order valence-corrected chi connectivity index (χ0v) is 14.7. The van der Waals surface area contributed by atoms with Gasteiger partial charge in [-0.1, -0.05) is 6.07 Å². The van der Waals surface area contributed by atoms with E-state index < -0.39 is 11.7 Å². The van der Waals surface area contributed by atoms with Gasteiger partial charge in [-0.3, -0.25) is 4.79 Å². The van der Waals surface area contributed by atoms with Gasteiger partial charge in [-0.15, -0.1) is 0 Å². The number of likely N-dealkylation sites (tertiary alicyclic amines) is 1. The number of halogens is 3. The Bertz CT molecular complexity index is 792. The van der Waals surface area contributed by atoms with Crippen LogP contribution >= 0.6 is 0 Å². The summed E-state index contributed by atoms with van der Waals surface area (Å²) in [6.45, 7) is 3.00. The highest BCUT2D eigenvalue weighted by Crippen LogP contribution is 2.30. The Balaban J connectivity index is 1.83. The van der Waals surface area contributed by atoms with Gasteiger partial charge < -0.3 is 10.2 Å². The molecule has 2 heterocycles. The number of carbonyl (C=O) groups is 1. The summed E-state index contributed by atoms with van der Waals surface area (Å²) in [7, 11) is 1.91. The smallest absolute Gasteiger partial charge is 0.338 e. The number of nitrogens with one attached hydrogen (secondary N) is 1. The molecule has 1 aliphatic heterocycles. The Morgan fingerprint density at radius 3 is 2.58 bits per heavy atom. The predicted molar refractivity (Wildman–Crippen MR) is 91.3 cm³/mol. The molecule has 1 aromatic heterocycles. The molecule has 1 amide bonds. The lowest BCUT2D eigenvalue weighted by molar-refractivity contribution is -0.137. The SMILES string of the molecule is CNC1CCN(C(=O)c2cnn(-c3cccc(C(F)(F)F)c3)c2C)CC1. The van der Waals surface area contributed by atoms with Gasteiger partial charge in [-0.2, -0.15) is 18.3 Å². The first-order valence-corrected chi connectivity index (χ1v) is 8.50. The quantitative estimate of drug-likeness (QED) is 0.909. The van der Waals surface area contributed by atoms with Gasteiger partial charge in [0.05, 0.1) is 28.7 Å². The number of piperidine rings is 1. The Kier molecular flexibility index (Phi) is 5.04.